The van der Waals surface area contributed by atoms with Crippen molar-refractivity contribution in [1.82, 2.24) is 15.2 Å². The fourth-order valence-electron chi connectivity index (χ4n) is 1.34. The van der Waals surface area contributed by atoms with E-state index in [1.807, 2.05) is 12.3 Å². The molecule has 0 aliphatic carbocycles. The molecule has 15 heavy (non-hydrogen) atoms. The second-order valence-electron chi connectivity index (χ2n) is 3.74. The second-order valence-corrected chi connectivity index (χ2v) is 3.74. The van der Waals surface area contributed by atoms with Gasteiger partial charge in [0.2, 0.25) is 0 Å². The SMILES string of the molecule is CC(C)c1ccnc(Nc2cn[nH]c2)c1. The molecule has 4 nitrogen and oxygen atoms in total. The predicted octanol–water partition coefficient (Wildman–Crippen LogP) is 2.67. The van der Waals surface area contributed by atoms with Gasteiger partial charge >= 0.3 is 0 Å². The number of aromatic amines is 1. The third kappa shape index (κ3) is 2.34. The van der Waals surface area contributed by atoms with E-state index in [0.29, 0.717) is 5.92 Å². The van der Waals surface area contributed by atoms with Gasteiger partial charge in [-0.1, -0.05) is 13.8 Å². The zero-order valence-corrected chi connectivity index (χ0v) is 8.86. The Hall–Kier alpha value is -1.84. The Morgan fingerprint density at radius 1 is 1.40 bits per heavy atom. The molecule has 2 aromatic heterocycles. The van der Waals surface area contributed by atoms with E-state index in [-0.39, 0.29) is 0 Å². The maximum Gasteiger partial charge on any atom is 0.130 e. The lowest BCUT2D eigenvalue weighted by Gasteiger charge is -2.07. The molecule has 0 aliphatic heterocycles. The van der Waals surface area contributed by atoms with Crippen LogP contribution in [0.25, 0.3) is 0 Å². The van der Waals surface area contributed by atoms with Gasteiger partial charge in [-0.3, -0.25) is 5.10 Å². The summed E-state index contributed by atoms with van der Waals surface area (Å²) in [6.07, 6.45) is 5.34. The van der Waals surface area contributed by atoms with Crippen LogP contribution in [-0.2, 0) is 0 Å². The maximum atomic E-state index is 4.24. The molecule has 0 amide bonds. The Labute approximate surface area is 88.8 Å². The van der Waals surface area contributed by atoms with Crippen molar-refractivity contribution in [2.75, 3.05) is 5.32 Å². The highest BCUT2D eigenvalue weighted by Crippen LogP contribution is 2.18. The van der Waals surface area contributed by atoms with E-state index in [2.05, 4.69) is 40.4 Å². The molecular weight excluding hydrogens is 188 g/mol. The summed E-state index contributed by atoms with van der Waals surface area (Å²) >= 11 is 0. The van der Waals surface area contributed by atoms with Crippen LogP contribution in [0.2, 0.25) is 0 Å². The Balaban J connectivity index is 2.18. The number of H-pyrrole nitrogens is 1. The molecule has 0 aliphatic rings. The third-order valence-electron chi connectivity index (χ3n) is 2.22. The van der Waals surface area contributed by atoms with E-state index in [1.54, 1.807) is 12.4 Å². The first kappa shape index (κ1) is 9.71. The molecule has 78 valence electrons. The van der Waals surface area contributed by atoms with Gasteiger partial charge in [-0.15, -0.1) is 0 Å². The molecule has 0 atom stereocenters. The van der Waals surface area contributed by atoms with Gasteiger partial charge in [-0.2, -0.15) is 5.10 Å². The number of nitrogens with zero attached hydrogens (tertiary/aromatic N) is 2. The lowest BCUT2D eigenvalue weighted by molar-refractivity contribution is 0.864. The van der Waals surface area contributed by atoms with Crippen molar-refractivity contribution in [1.29, 1.82) is 0 Å². The van der Waals surface area contributed by atoms with Crippen LogP contribution in [0.15, 0.2) is 30.7 Å². The van der Waals surface area contributed by atoms with Crippen molar-refractivity contribution in [3.8, 4) is 0 Å². The molecule has 2 rings (SSSR count). The minimum Gasteiger partial charge on any atom is -0.338 e. The van der Waals surface area contributed by atoms with Crippen LogP contribution >= 0.6 is 0 Å². The van der Waals surface area contributed by atoms with Crippen molar-refractivity contribution < 1.29 is 0 Å². The van der Waals surface area contributed by atoms with Gasteiger partial charge in [0, 0.05) is 12.4 Å². The normalized spacial score (nSPS) is 10.6. The number of hydrogen-bond acceptors (Lipinski definition) is 3. The average Bonchev–Trinajstić information content (AvgIpc) is 2.71. The van der Waals surface area contributed by atoms with Gasteiger partial charge in [0.25, 0.3) is 0 Å². The summed E-state index contributed by atoms with van der Waals surface area (Å²) in [6, 6.07) is 4.09. The molecule has 0 saturated carbocycles. The first-order valence-corrected chi connectivity index (χ1v) is 4.97. The van der Waals surface area contributed by atoms with Crippen LogP contribution < -0.4 is 5.32 Å². The van der Waals surface area contributed by atoms with Crippen LogP contribution in [0.1, 0.15) is 25.3 Å². The van der Waals surface area contributed by atoms with Gasteiger partial charge < -0.3 is 5.32 Å². The first-order valence-electron chi connectivity index (χ1n) is 4.97. The van der Waals surface area contributed by atoms with E-state index in [0.717, 1.165) is 11.5 Å². The Kier molecular flexibility index (Phi) is 2.67. The van der Waals surface area contributed by atoms with Crippen molar-refractivity contribution in [3.05, 3.63) is 36.3 Å². The second kappa shape index (κ2) is 4.13. The van der Waals surface area contributed by atoms with Gasteiger partial charge in [0.15, 0.2) is 0 Å². The van der Waals surface area contributed by atoms with E-state index in [4.69, 9.17) is 0 Å². The Bertz CT molecular complexity index is 420. The molecule has 0 spiro atoms. The number of aromatic nitrogens is 3. The smallest absolute Gasteiger partial charge is 0.130 e. The topological polar surface area (TPSA) is 53.6 Å². The quantitative estimate of drug-likeness (QED) is 0.804. The van der Waals surface area contributed by atoms with Gasteiger partial charge in [-0.25, -0.2) is 4.98 Å². The molecule has 2 aromatic rings. The highest BCUT2D eigenvalue weighted by Gasteiger charge is 2.01. The molecule has 2 N–H and O–H groups in total. The summed E-state index contributed by atoms with van der Waals surface area (Å²) in [6.45, 7) is 4.33. The summed E-state index contributed by atoms with van der Waals surface area (Å²) in [7, 11) is 0. The van der Waals surface area contributed by atoms with E-state index >= 15 is 0 Å². The number of nitrogens with one attached hydrogen (secondary N) is 2. The fraction of sp³-hybridized carbons (Fsp3) is 0.273. The molecule has 2 heterocycles. The van der Waals surface area contributed by atoms with Gasteiger partial charge in [0.05, 0.1) is 11.9 Å². The number of pyridine rings is 1. The first-order chi connectivity index (χ1) is 7.25. The maximum absolute atomic E-state index is 4.24. The number of anilines is 2. The Morgan fingerprint density at radius 3 is 2.93 bits per heavy atom. The van der Waals surface area contributed by atoms with Crippen LogP contribution in [0, 0.1) is 0 Å². The lowest BCUT2D eigenvalue weighted by atomic mass is 10.1. The number of hydrogen-bond donors (Lipinski definition) is 2. The summed E-state index contributed by atoms with van der Waals surface area (Å²) in [5, 5.41) is 9.78. The molecular formula is C11H14N4. The van der Waals surface area contributed by atoms with Crippen LogP contribution in [-0.4, -0.2) is 15.2 Å². The summed E-state index contributed by atoms with van der Waals surface area (Å²) < 4.78 is 0. The Morgan fingerprint density at radius 2 is 2.27 bits per heavy atom. The monoisotopic (exact) mass is 202 g/mol. The van der Waals surface area contributed by atoms with Crippen molar-refractivity contribution in [2.45, 2.75) is 19.8 Å². The zero-order chi connectivity index (χ0) is 10.7. The molecule has 0 radical (unpaired) electrons. The molecule has 0 aromatic carbocycles. The zero-order valence-electron chi connectivity index (χ0n) is 8.86. The van der Waals surface area contributed by atoms with Gasteiger partial charge in [0.1, 0.15) is 5.82 Å². The molecule has 0 unspecified atom stereocenters. The molecule has 4 heteroatoms. The highest BCUT2D eigenvalue weighted by atomic mass is 15.1. The van der Waals surface area contributed by atoms with E-state index < -0.39 is 0 Å². The minimum absolute atomic E-state index is 0.512. The number of rotatable bonds is 3. The predicted molar refractivity (Wildman–Crippen MR) is 60.2 cm³/mol. The van der Waals surface area contributed by atoms with Crippen molar-refractivity contribution >= 4 is 11.5 Å². The largest absolute Gasteiger partial charge is 0.338 e. The molecule has 0 fully saturated rings. The minimum atomic E-state index is 0.512. The average molecular weight is 202 g/mol. The lowest BCUT2D eigenvalue weighted by Crippen LogP contribution is -1.95. The fourth-order valence-corrected chi connectivity index (χ4v) is 1.34. The van der Waals surface area contributed by atoms with Crippen LogP contribution in [0.4, 0.5) is 11.5 Å². The van der Waals surface area contributed by atoms with Gasteiger partial charge in [-0.05, 0) is 23.6 Å². The van der Waals surface area contributed by atoms with Crippen molar-refractivity contribution in [2.24, 2.45) is 0 Å². The van der Waals surface area contributed by atoms with Crippen LogP contribution in [0.3, 0.4) is 0 Å². The summed E-state index contributed by atoms with van der Waals surface area (Å²) in [5.41, 5.74) is 2.19. The third-order valence-corrected chi connectivity index (χ3v) is 2.22. The summed E-state index contributed by atoms with van der Waals surface area (Å²) in [5.74, 6) is 1.36. The van der Waals surface area contributed by atoms with E-state index in [1.165, 1.54) is 5.56 Å². The highest BCUT2D eigenvalue weighted by molar-refractivity contribution is 5.54. The van der Waals surface area contributed by atoms with Crippen molar-refractivity contribution in [3.63, 3.8) is 0 Å². The standard InChI is InChI=1S/C11H14N4/c1-8(2)9-3-4-12-11(5-9)15-10-6-13-14-7-10/h3-8H,1-2H3,(H,12,15)(H,13,14). The van der Waals surface area contributed by atoms with Crippen LogP contribution in [0.5, 0.6) is 0 Å². The molecule has 0 saturated heterocycles. The molecule has 0 bridgehead atoms. The summed E-state index contributed by atoms with van der Waals surface area (Å²) in [4.78, 5) is 4.24. The van der Waals surface area contributed by atoms with E-state index in [9.17, 15) is 0 Å².